The number of imidazole rings is 1. The lowest BCUT2D eigenvalue weighted by Crippen LogP contribution is -2.22. The molecule has 3 aromatic heterocycles. The van der Waals surface area contributed by atoms with E-state index in [1.54, 1.807) is 23.5 Å². The van der Waals surface area contributed by atoms with Crippen LogP contribution in [0.3, 0.4) is 0 Å². The summed E-state index contributed by atoms with van der Waals surface area (Å²) in [6.07, 6.45) is 0. The maximum Gasteiger partial charge on any atom is 0.242 e. The largest absolute Gasteiger partial charge is 0.328 e. The van der Waals surface area contributed by atoms with Gasteiger partial charge in [0, 0.05) is 20.6 Å². The molecule has 8 nitrogen and oxygen atoms in total. The normalized spacial score (nSPS) is 12.3. The van der Waals surface area contributed by atoms with Crippen LogP contribution in [-0.2, 0) is 22.3 Å². The Morgan fingerprint density at radius 3 is 2.76 bits per heavy atom. The van der Waals surface area contributed by atoms with Crippen molar-refractivity contribution in [1.82, 2.24) is 29.0 Å². The third-order valence-electron chi connectivity index (χ3n) is 4.44. The Balaban J connectivity index is 1.60. The molecule has 4 aromatic rings. The summed E-state index contributed by atoms with van der Waals surface area (Å²) in [7, 11) is -0.454. The van der Waals surface area contributed by atoms with Crippen molar-refractivity contribution in [2.24, 2.45) is 0 Å². The van der Waals surface area contributed by atoms with Crippen LogP contribution in [0.2, 0.25) is 0 Å². The van der Waals surface area contributed by atoms with E-state index < -0.39 is 10.0 Å². The van der Waals surface area contributed by atoms with Crippen LogP contribution in [-0.4, -0.2) is 51.6 Å². The van der Waals surface area contributed by atoms with Gasteiger partial charge < -0.3 is 4.57 Å². The topological polar surface area (TPSA) is 96.8 Å². The van der Waals surface area contributed by atoms with E-state index in [2.05, 4.69) is 24.7 Å². The molecule has 3 heterocycles. The van der Waals surface area contributed by atoms with Gasteiger partial charge in [-0.25, -0.2) is 22.7 Å². The first-order valence-electron chi connectivity index (χ1n) is 8.91. The number of thiophene rings is 1. The molecular formula is C18H20N6O2S3. The predicted octanol–water partition coefficient (Wildman–Crippen LogP) is 3.45. The zero-order chi connectivity index (χ0) is 20.6. The first-order valence-corrected chi connectivity index (χ1v) is 12.2. The minimum atomic E-state index is -3.50. The predicted molar refractivity (Wildman–Crippen MR) is 116 cm³/mol. The van der Waals surface area contributed by atoms with Crippen LogP contribution in [0.1, 0.15) is 12.7 Å². The lowest BCUT2D eigenvalue weighted by Gasteiger charge is -2.11. The van der Waals surface area contributed by atoms with Crippen molar-refractivity contribution < 1.29 is 8.42 Å². The second-order valence-electron chi connectivity index (χ2n) is 6.44. The van der Waals surface area contributed by atoms with Crippen LogP contribution in [0.4, 0.5) is 0 Å². The molecule has 0 aliphatic heterocycles. The molecule has 0 amide bonds. The van der Waals surface area contributed by atoms with E-state index >= 15 is 0 Å². The van der Waals surface area contributed by atoms with Gasteiger partial charge in [0.15, 0.2) is 5.82 Å². The summed E-state index contributed by atoms with van der Waals surface area (Å²) in [5.41, 5.74) is 1.58. The van der Waals surface area contributed by atoms with Crippen LogP contribution >= 0.6 is 23.1 Å². The molecule has 0 saturated heterocycles. The molecule has 1 N–H and O–H groups in total. The van der Waals surface area contributed by atoms with E-state index in [4.69, 9.17) is 0 Å². The number of hydrogen-bond acceptors (Lipinski definition) is 7. The maximum absolute atomic E-state index is 12.4. The minimum Gasteiger partial charge on any atom is -0.328 e. The number of nitrogens with zero attached hydrogens (tertiary/aromatic N) is 5. The molecule has 0 radical (unpaired) electrons. The first kappa shape index (κ1) is 20.1. The van der Waals surface area contributed by atoms with Crippen LogP contribution in [0.5, 0.6) is 0 Å². The Morgan fingerprint density at radius 2 is 2.07 bits per heavy atom. The molecule has 0 fully saturated rings. The highest BCUT2D eigenvalue weighted by atomic mass is 32.2. The van der Waals surface area contributed by atoms with Gasteiger partial charge in [0.25, 0.3) is 0 Å². The third kappa shape index (κ3) is 3.82. The van der Waals surface area contributed by atoms with Crippen molar-refractivity contribution >= 4 is 44.2 Å². The third-order valence-corrected chi connectivity index (χ3v) is 7.97. The zero-order valence-corrected chi connectivity index (χ0v) is 18.6. The lowest BCUT2D eigenvalue weighted by molar-refractivity contribution is 0.521. The van der Waals surface area contributed by atoms with Crippen LogP contribution in [0, 0.1) is 0 Å². The zero-order valence-electron chi connectivity index (χ0n) is 16.2. The number of aryl methyl sites for hydroxylation is 1. The summed E-state index contributed by atoms with van der Waals surface area (Å²) in [5.74, 6) is 2.19. The number of sulfonamides is 1. The van der Waals surface area contributed by atoms with Crippen LogP contribution < -0.4 is 0 Å². The fourth-order valence-electron chi connectivity index (χ4n) is 2.96. The van der Waals surface area contributed by atoms with E-state index in [0.29, 0.717) is 16.4 Å². The molecule has 1 aromatic carbocycles. The SMILES string of the molecule is CCn1c(CSc2n[nH]c(-c3cccs3)n2)nc2cc(S(=O)(=O)N(C)C)ccc21. The van der Waals surface area contributed by atoms with Gasteiger partial charge in [0.2, 0.25) is 15.2 Å². The maximum atomic E-state index is 12.4. The Labute approximate surface area is 177 Å². The van der Waals surface area contributed by atoms with Gasteiger partial charge >= 0.3 is 0 Å². The fourth-order valence-corrected chi connectivity index (χ4v) is 5.29. The summed E-state index contributed by atoms with van der Waals surface area (Å²) >= 11 is 3.10. The number of rotatable bonds is 7. The Morgan fingerprint density at radius 1 is 1.24 bits per heavy atom. The highest BCUT2D eigenvalue weighted by molar-refractivity contribution is 7.98. The summed E-state index contributed by atoms with van der Waals surface area (Å²) in [5, 5.41) is 9.89. The van der Waals surface area contributed by atoms with Crippen molar-refractivity contribution in [2.45, 2.75) is 29.3 Å². The molecule has 0 aliphatic carbocycles. The average molecular weight is 449 g/mol. The molecule has 29 heavy (non-hydrogen) atoms. The first-order chi connectivity index (χ1) is 13.9. The van der Waals surface area contributed by atoms with E-state index in [1.807, 2.05) is 30.5 Å². The van der Waals surface area contributed by atoms with Crippen molar-refractivity contribution in [3.63, 3.8) is 0 Å². The number of hydrogen-bond donors (Lipinski definition) is 1. The summed E-state index contributed by atoms with van der Waals surface area (Å²) in [6.45, 7) is 2.78. The van der Waals surface area contributed by atoms with Crippen molar-refractivity contribution in [2.75, 3.05) is 14.1 Å². The quantitative estimate of drug-likeness (QED) is 0.435. The van der Waals surface area contributed by atoms with Crippen molar-refractivity contribution in [3.8, 4) is 10.7 Å². The molecule has 11 heteroatoms. The summed E-state index contributed by atoms with van der Waals surface area (Å²) in [4.78, 5) is 10.5. The second kappa shape index (κ2) is 7.90. The molecule has 0 unspecified atom stereocenters. The average Bonchev–Trinajstić information content (AvgIpc) is 3.43. The molecule has 0 spiro atoms. The molecule has 0 saturated carbocycles. The molecule has 0 aliphatic rings. The van der Waals surface area contributed by atoms with E-state index in [0.717, 1.165) is 28.6 Å². The Bertz CT molecular complexity index is 1240. The van der Waals surface area contributed by atoms with Gasteiger partial charge in [0.05, 0.1) is 26.6 Å². The van der Waals surface area contributed by atoms with Crippen molar-refractivity contribution in [1.29, 1.82) is 0 Å². The summed E-state index contributed by atoms with van der Waals surface area (Å²) in [6, 6.07) is 9.05. The van der Waals surface area contributed by atoms with Crippen molar-refractivity contribution in [3.05, 3.63) is 41.5 Å². The Kier molecular flexibility index (Phi) is 5.47. The number of H-pyrrole nitrogens is 1. The highest BCUT2D eigenvalue weighted by Gasteiger charge is 2.20. The van der Waals surface area contributed by atoms with Crippen LogP contribution in [0.25, 0.3) is 21.7 Å². The fraction of sp³-hybridized carbons (Fsp3) is 0.278. The van der Waals surface area contributed by atoms with E-state index in [-0.39, 0.29) is 4.90 Å². The molecule has 0 bridgehead atoms. The standard InChI is InChI=1S/C18H20N6O2S3/c1-4-24-14-8-7-12(29(25,26)23(2)3)10-13(14)19-16(24)11-28-18-20-17(21-22-18)15-6-5-9-27-15/h5-10H,4,11H2,1-3H3,(H,20,21,22). The lowest BCUT2D eigenvalue weighted by atomic mass is 10.3. The number of thioether (sulfide) groups is 1. The van der Waals surface area contributed by atoms with Crippen LogP contribution in [0.15, 0.2) is 45.8 Å². The summed E-state index contributed by atoms with van der Waals surface area (Å²) < 4.78 is 28.1. The number of fused-ring (bicyclic) bond motifs is 1. The van der Waals surface area contributed by atoms with Gasteiger partial charge in [-0.15, -0.1) is 16.4 Å². The smallest absolute Gasteiger partial charge is 0.242 e. The van der Waals surface area contributed by atoms with Gasteiger partial charge in [0.1, 0.15) is 5.82 Å². The molecule has 152 valence electrons. The molecule has 4 rings (SSSR count). The minimum absolute atomic E-state index is 0.240. The Hall–Kier alpha value is -2.21. The van der Waals surface area contributed by atoms with Gasteiger partial charge in [-0.3, -0.25) is 5.10 Å². The van der Waals surface area contributed by atoms with E-state index in [9.17, 15) is 8.42 Å². The van der Waals surface area contributed by atoms with Gasteiger partial charge in [-0.1, -0.05) is 17.8 Å². The molecular weight excluding hydrogens is 428 g/mol. The number of aromatic nitrogens is 5. The van der Waals surface area contributed by atoms with Gasteiger partial charge in [-0.2, -0.15) is 0 Å². The number of benzene rings is 1. The second-order valence-corrected chi connectivity index (χ2v) is 10.5. The molecule has 0 atom stereocenters. The highest BCUT2D eigenvalue weighted by Crippen LogP contribution is 2.27. The monoisotopic (exact) mass is 448 g/mol. The van der Waals surface area contributed by atoms with Gasteiger partial charge in [-0.05, 0) is 36.6 Å². The number of aromatic amines is 1. The van der Waals surface area contributed by atoms with E-state index in [1.165, 1.54) is 30.2 Å². The number of nitrogens with one attached hydrogen (secondary N) is 1.